The van der Waals surface area contributed by atoms with Gasteiger partial charge in [0.25, 0.3) is 11.8 Å². The van der Waals surface area contributed by atoms with E-state index in [2.05, 4.69) is 5.32 Å². The Kier molecular flexibility index (Phi) is 18.1. The number of ketones is 2. The van der Waals surface area contributed by atoms with Crippen LogP contribution >= 0.6 is 0 Å². The van der Waals surface area contributed by atoms with Gasteiger partial charge in [0.1, 0.15) is 11.5 Å². The standard InChI is InChI=1S/C64H70N6O12/c1-37(2)60(67-58(73)11-8-7-9-22-68-59(74)27-40(5)61(68)75)54(72)26-38(3)53(71)21-14-41-12-15-42(16-13-41)45-28-48-34-66-52-32-57(56(80-6)30-50(52)63(77)70(48)35-45)82-24-10-23-81-55-31-51-49(25-39(55)4)62(76)69-36-46(29-47(69)33-65-51)43-17-19-44(20-18-43)64(78)79/h12-13,15-20,25,30-38,40,47-48,60H,7-11,14,21-24,26-29H2,1-6H3,(H,67,73)(H,78,79)/t38?,40?,47-,48-,60-/m0/s1. The van der Waals surface area contributed by atoms with Crippen LogP contribution in [0.1, 0.15) is 145 Å². The molecule has 5 amide bonds. The number of likely N-dealkylation sites (tertiary alicyclic amines) is 1. The normalized spacial score (nSPS) is 18.7. The van der Waals surface area contributed by atoms with Gasteiger partial charge in [-0.3, -0.25) is 48.4 Å². The Balaban J connectivity index is 0.718. The first-order valence-corrected chi connectivity index (χ1v) is 28.3. The molecule has 4 aromatic carbocycles. The van der Waals surface area contributed by atoms with Crippen LogP contribution in [0.4, 0.5) is 11.4 Å². The number of fused-ring (bicyclic) bond motifs is 4. The van der Waals surface area contributed by atoms with Crippen molar-refractivity contribution in [3.63, 3.8) is 0 Å². The molecule has 9 rings (SSSR count). The fourth-order valence-electron chi connectivity index (χ4n) is 11.0. The van der Waals surface area contributed by atoms with Crippen LogP contribution in [-0.4, -0.2) is 124 Å². The third-order valence-corrected chi connectivity index (χ3v) is 15.9. The summed E-state index contributed by atoms with van der Waals surface area (Å²) in [6.07, 6.45) is 11.9. The van der Waals surface area contributed by atoms with Crippen LogP contribution < -0.4 is 19.5 Å². The molecule has 5 atom stereocenters. The van der Waals surface area contributed by atoms with Crippen molar-refractivity contribution in [3.8, 4) is 17.2 Å². The van der Waals surface area contributed by atoms with Crippen LogP contribution in [0.2, 0.25) is 0 Å². The van der Waals surface area contributed by atoms with E-state index in [1.165, 1.54) is 12.0 Å². The maximum absolute atomic E-state index is 14.1. The van der Waals surface area contributed by atoms with E-state index in [1.54, 1.807) is 84.6 Å². The minimum atomic E-state index is -0.997. The molecule has 82 heavy (non-hydrogen) atoms. The SMILES string of the molecule is COc1cc2c(cc1OCCCOc1cc3c(cc1C)C(=O)N1C=C(c4ccc(C(=O)O)cc4)C[C@H]1C=N3)N=C[C@@H]1CC(c3ccc(CCC(=O)C(C)CC(=O)[C@@H](NC(=O)CCCCCN4C(=O)CC(C)C4=O)C(C)C)cc3)=CN1C2=O. The molecule has 0 saturated carbocycles. The summed E-state index contributed by atoms with van der Waals surface area (Å²) in [5.41, 5.74) is 7.42. The van der Waals surface area contributed by atoms with Crippen LogP contribution in [0, 0.1) is 24.7 Å². The van der Waals surface area contributed by atoms with Gasteiger partial charge in [0, 0.05) is 100 Å². The number of imide groups is 1. The van der Waals surface area contributed by atoms with Crippen molar-refractivity contribution in [2.24, 2.45) is 27.7 Å². The second-order valence-corrected chi connectivity index (χ2v) is 22.2. The molecule has 1 fully saturated rings. The van der Waals surface area contributed by atoms with E-state index in [9.17, 15) is 43.5 Å². The molecule has 4 aromatic rings. The Morgan fingerprint density at radius 2 is 1.28 bits per heavy atom. The molecule has 18 nitrogen and oxygen atoms in total. The number of hydrogen-bond acceptors (Lipinski definition) is 13. The molecule has 0 bridgehead atoms. The second kappa shape index (κ2) is 25.5. The lowest BCUT2D eigenvalue weighted by Crippen LogP contribution is -2.45. The van der Waals surface area contributed by atoms with Crippen molar-refractivity contribution in [2.45, 2.75) is 123 Å². The summed E-state index contributed by atoms with van der Waals surface area (Å²) in [5, 5.41) is 12.2. The smallest absolute Gasteiger partial charge is 0.335 e. The maximum Gasteiger partial charge on any atom is 0.335 e. The maximum atomic E-state index is 14.1. The van der Waals surface area contributed by atoms with Crippen LogP contribution in [0.3, 0.4) is 0 Å². The monoisotopic (exact) mass is 1110 g/mol. The third-order valence-electron chi connectivity index (χ3n) is 15.9. The Morgan fingerprint density at radius 3 is 1.85 bits per heavy atom. The molecule has 0 aromatic heterocycles. The van der Waals surface area contributed by atoms with Gasteiger partial charge >= 0.3 is 5.97 Å². The second-order valence-electron chi connectivity index (χ2n) is 22.2. The van der Waals surface area contributed by atoms with Crippen LogP contribution in [0.15, 0.2) is 95.2 Å². The number of nitrogens with one attached hydrogen (secondary N) is 1. The molecule has 0 spiro atoms. The summed E-state index contributed by atoms with van der Waals surface area (Å²) in [7, 11) is 1.52. The number of carboxylic acids is 1. The Hall–Kier alpha value is -8.54. The van der Waals surface area contributed by atoms with Crippen molar-refractivity contribution in [1.82, 2.24) is 20.0 Å². The number of carbonyl (C=O) groups excluding carboxylic acids is 7. The van der Waals surface area contributed by atoms with E-state index in [1.807, 2.05) is 57.4 Å². The molecule has 2 N–H and O–H groups in total. The van der Waals surface area contributed by atoms with Crippen molar-refractivity contribution in [3.05, 3.63) is 124 Å². The van der Waals surface area contributed by atoms with Gasteiger partial charge in [-0.1, -0.05) is 70.5 Å². The highest BCUT2D eigenvalue weighted by Crippen LogP contribution is 2.41. The number of benzene rings is 4. The number of rotatable bonds is 25. The zero-order chi connectivity index (χ0) is 58.4. The fourth-order valence-corrected chi connectivity index (χ4v) is 11.0. The summed E-state index contributed by atoms with van der Waals surface area (Å²) in [6.45, 7) is 10.1. The van der Waals surface area contributed by atoms with Gasteiger partial charge in [-0.05, 0) is 89.8 Å². The van der Waals surface area contributed by atoms with E-state index in [0.717, 1.165) is 33.4 Å². The van der Waals surface area contributed by atoms with E-state index < -0.39 is 17.9 Å². The van der Waals surface area contributed by atoms with Gasteiger partial charge in [0.05, 0.1) is 66.5 Å². The summed E-state index contributed by atoms with van der Waals surface area (Å²) in [4.78, 5) is 117. The molecular weight excluding hydrogens is 1040 g/mol. The van der Waals surface area contributed by atoms with Gasteiger partial charge in [0.15, 0.2) is 17.3 Å². The first-order chi connectivity index (χ1) is 39.4. The molecule has 428 valence electrons. The summed E-state index contributed by atoms with van der Waals surface area (Å²) >= 11 is 0. The number of carbonyl (C=O) groups is 8. The zero-order valence-corrected chi connectivity index (χ0v) is 47.3. The molecule has 5 aliphatic rings. The molecule has 2 unspecified atom stereocenters. The van der Waals surface area contributed by atoms with E-state index >= 15 is 0 Å². The minimum Gasteiger partial charge on any atom is -0.493 e. The van der Waals surface area contributed by atoms with E-state index in [4.69, 9.17) is 24.2 Å². The average molecular weight is 1120 g/mol. The molecule has 0 radical (unpaired) electrons. The number of methoxy groups -OCH3 is 1. The van der Waals surface area contributed by atoms with Gasteiger partial charge in [-0.15, -0.1) is 0 Å². The number of carboxylic acid groups (broad SMARTS) is 1. The lowest BCUT2D eigenvalue weighted by atomic mass is 9.89. The van der Waals surface area contributed by atoms with Gasteiger partial charge in [-0.2, -0.15) is 0 Å². The van der Waals surface area contributed by atoms with Gasteiger partial charge < -0.3 is 34.4 Å². The lowest BCUT2D eigenvalue weighted by Gasteiger charge is -2.22. The number of nitrogens with zero attached hydrogens (tertiary/aromatic N) is 5. The Bertz CT molecular complexity index is 3310. The van der Waals surface area contributed by atoms with Crippen LogP contribution in [-0.2, 0) is 30.4 Å². The minimum absolute atomic E-state index is 0.0237. The number of Topliss-reactive ketones (excluding diaryl/α,β-unsaturated/α-hetero) is 2. The predicted octanol–water partition coefficient (Wildman–Crippen LogP) is 9.69. The largest absolute Gasteiger partial charge is 0.493 e. The molecule has 18 heteroatoms. The number of aliphatic imine (C=N–C) groups is 2. The molecule has 5 aliphatic heterocycles. The number of amides is 5. The van der Waals surface area contributed by atoms with Crippen molar-refractivity contribution in [2.75, 3.05) is 26.9 Å². The highest BCUT2D eigenvalue weighted by molar-refractivity contribution is 6.07. The first kappa shape index (κ1) is 58.1. The Morgan fingerprint density at radius 1 is 0.695 bits per heavy atom. The van der Waals surface area contributed by atoms with Crippen molar-refractivity contribution in [1.29, 1.82) is 0 Å². The predicted molar refractivity (Wildman–Crippen MR) is 309 cm³/mol. The topological polar surface area (TPSA) is 231 Å². The third kappa shape index (κ3) is 13.1. The Labute approximate surface area is 477 Å². The molecule has 1 saturated heterocycles. The summed E-state index contributed by atoms with van der Waals surface area (Å²) in [5.74, 6) is -1.69. The number of ether oxygens (including phenoxy) is 3. The highest BCUT2D eigenvalue weighted by atomic mass is 16.5. The zero-order valence-electron chi connectivity index (χ0n) is 47.3. The molecular formula is C64H70N6O12. The number of aryl methyl sites for hydroxylation is 2. The number of unbranched alkanes of at least 4 members (excludes halogenated alkanes) is 2. The first-order valence-electron chi connectivity index (χ1n) is 28.3. The highest BCUT2D eigenvalue weighted by Gasteiger charge is 2.37. The molecule has 5 heterocycles. The van der Waals surface area contributed by atoms with Crippen LogP contribution in [0.5, 0.6) is 17.2 Å². The number of hydrogen-bond donors (Lipinski definition) is 2. The molecule has 0 aliphatic carbocycles. The lowest BCUT2D eigenvalue weighted by molar-refractivity contribution is -0.139. The number of aromatic carboxylic acids is 1. The van der Waals surface area contributed by atoms with Crippen LogP contribution in [0.25, 0.3) is 11.1 Å². The summed E-state index contributed by atoms with van der Waals surface area (Å²) < 4.78 is 18.0. The van der Waals surface area contributed by atoms with Gasteiger partial charge in [-0.25, -0.2) is 4.79 Å². The van der Waals surface area contributed by atoms with E-state index in [0.29, 0.717) is 97.8 Å². The van der Waals surface area contributed by atoms with Crippen molar-refractivity contribution < 1.29 is 57.7 Å². The van der Waals surface area contributed by atoms with Crippen molar-refractivity contribution >= 4 is 82.0 Å². The summed E-state index contributed by atoms with van der Waals surface area (Å²) in [6, 6.07) is 20.2. The fraction of sp³-hybridized carbons (Fsp3) is 0.406. The van der Waals surface area contributed by atoms with E-state index in [-0.39, 0.29) is 103 Å². The quantitative estimate of drug-likeness (QED) is 0.0467. The average Bonchev–Trinajstić information content (AvgIpc) is 4.34. The van der Waals surface area contributed by atoms with Gasteiger partial charge in [0.2, 0.25) is 17.7 Å².